The number of carbonyl (C=O) groups is 1. The normalized spacial score (nSPS) is 12.4. The van der Waals surface area contributed by atoms with Crippen LogP contribution in [0.5, 0.6) is 0 Å². The molecule has 0 aliphatic rings. The minimum Gasteiger partial charge on any atom is -0.377 e. The summed E-state index contributed by atoms with van der Waals surface area (Å²) in [4.78, 5) is 38.7. The number of amides is 1. The van der Waals surface area contributed by atoms with Gasteiger partial charge in [0.25, 0.3) is 10.9 Å². The number of hydrogen-bond acceptors (Lipinski definition) is 5. The van der Waals surface area contributed by atoms with E-state index in [0.717, 1.165) is 5.56 Å². The monoisotopic (exact) mass is 381 g/mol. The maximum atomic E-state index is 12.7. The lowest BCUT2D eigenvalue weighted by molar-refractivity contribution is -0.118. The van der Waals surface area contributed by atoms with Gasteiger partial charge in [-0.1, -0.05) is 39.8 Å². The summed E-state index contributed by atoms with van der Waals surface area (Å²) in [6, 6.07) is 8.83. The van der Waals surface area contributed by atoms with Gasteiger partial charge < -0.3 is 10.2 Å². The summed E-state index contributed by atoms with van der Waals surface area (Å²) in [7, 11) is 0. The summed E-state index contributed by atoms with van der Waals surface area (Å²) >= 11 is 0. The second-order valence-electron chi connectivity index (χ2n) is 8.15. The highest BCUT2D eigenvalue weighted by molar-refractivity contribution is 5.98. The lowest BCUT2D eigenvalue weighted by Crippen LogP contribution is -2.47. The molecule has 0 heterocycles. The Morgan fingerprint density at radius 1 is 1.18 bits per heavy atom. The Morgan fingerprint density at radius 2 is 1.79 bits per heavy atom. The summed E-state index contributed by atoms with van der Waals surface area (Å²) < 4.78 is 0. The molecule has 0 fully saturated rings. The van der Waals surface area contributed by atoms with E-state index in [2.05, 4.69) is 11.4 Å². The topological polar surface area (TPSA) is 90.3 Å². The smallest absolute Gasteiger partial charge is 0.253 e. The molecular weight excluding hydrogens is 354 g/mol. The molecule has 0 spiro atoms. The molecule has 0 radical (unpaired) electrons. The van der Waals surface area contributed by atoms with Crippen LogP contribution in [0.4, 0.5) is 11.4 Å². The first-order chi connectivity index (χ1) is 13.1. The van der Waals surface area contributed by atoms with Gasteiger partial charge in [-0.2, -0.15) is 5.26 Å². The van der Waals surface area contributed by atoms with Crippen LogP contribution in [0.25, 0.3) is 0 Å². The van der Waals surface area contributed by atoms with Crippen LogP contribution >= 0.6 is 0 Å². The fourth-order valence-electron chi connectivity index (χ4n) is 2.71. The summed E-state index contributed by atoms with van der Waals surface area (Å²) in [6.45, 7) is 10.1. The molecule has 2 aromatic carbocycles. The molecule has 0 saturated carbocycles. The van der Waals surface area contributed by atoms with Gasteiger partial charge in [-0.15, -0.1) is 0 Å². The van der Waals surface area contributed by atoms with Crippen molar-refractivity contribution in [3.8, 4) is 6.07 Å². The molecule has 0 saturated heterocycles. The molecule has 6 heteroatoms. The number of anilines is 2. The van der Waals surface area contributed by atoms with Crippen molar-refractivity contribution in [2.75, 3.05) is 10.2 Å². The summed E-state index contributed by atoms with van der Waals surface area (Å²) in [6.07, 6.45) is 0.919. The molecule has 1 atom stereocenters. The van der Waals surface area contributed by atoms with E-state index in [9.17, 15) is 14.4 Å². The Morgan fingerprint density at radius 3 is 2.29 bits per heavy atom. The Kier molecular flexibility index (Phi) is 6.40. The van der Waals surface area contributed by atoms with E-state index in [-0.39, 0.29) is 41.7 Å². The van der Waals surface area contributed by atoms with Crippen molar-refractivity contribution < 1.29 is 4.79 Å². The number of nitrogens with zero attached hydrogens (tertiary/aromatic N) is 2. The highest BCUT2D eigenvalue weighted by Gasteiger charge is 2.32. The van der Waals surface area contributed by atoms with E-state index >= 15 is 0 Å². The molecule has 6 nitrogen and oxygen atoms in total. The second-order valence-corrected chi connectivity index (χ2v) is 8.15. The quantitative estimate of drug-likeness (QED) is 0.743. The van der Waals surface area contributed by atoms with Gasteiger partial charge in [0, 0.05) is 12.5 Å². The zero-order chi connectivity index (χ0) is 21.1. The minimum atomic E-state index is -0.637. The fraction of sp³-hybridized carbons (Fsp3) is 0.455. The molecule has 1 amide bonds. The Labute approximate surface area is 165 Å². The predicted molar refractivity (Wildman–Crippen MR) is 111 cm³/mol. The fourth-order valence-corrected chi connectivity index (χ4v) is 2.71. The van der Waals surface area contributed by atoms with E-state index < -0.39 is 10.9 Å². The van der Waals surface area contributed by atoms with Crippen molar-refractivity contribution in [1.29, 1.82) is 5.26 Å². The average molecular weight is 381 g/mol. The van der Waals surface area contributed by atoms with Gasteiger partial charge in [0.2, 0.25) is 5.91 Å². The second kappa shape index (κ2) is 8.39. The summed E-state index contributed by atoms with van der Waals surface area (Å²) in [5.41, 5.74) is 0.316. The van der Waals surface area contributed by atoms with Gasteiger partial charge in [-0.05, 0) is 36.5 Å². The molecule has 0 unspecified atom stereocenters. The molecule has 28 heavy (non-hydrogen) atoms. The zero-order valence-electron chi connectivity index (χ0n) is 17.1. The SMILES string of the molecule is CCCC(=O)N(Cc1ccc(C#N)cc1)c1c(N[C@H](C)C(C)(C)C)c(=O)c1=O. The first-order valence-corrected chi connectivity index (χ1v) is 9.49. The highest BCUT2D eigenvalue weighted by atomic mass is 16.2. The van der Waals surface area contributed by atoms with E-state index in [1.54, 1.807) is 24.3 Å². The van der Waals surface area contributed by atoms with Crippen molar-refractivity contribution in [2.24, 2.45) is 5.41 Å². The minimum absolute atomic E-state index is 0.0624. The largest absolute Gasteiger partial charge is 0.377 e. The number of nitrogens with one attached hydrogen (secondary N) is 1. The standard InChI is InChI=1S/C22H27N3O3/c1-6-7-17(26)25(13-16-10-8-15(12-23)9-11-16)19-18(20(27)21(19)28)24-14(2)22(3,4)5/h8-11,14,24H,6-7,13H2,1-5H3/t14-/m1/s1. The van der Waals surface area contributed by atoms with E-state index in [4.69, 9.17) is 5.26 Å². The lowest BCUT2D eigenvalue weighted by atomic mass is 9.87. The third kappa shape index (κ3) is 4.48. The van der Waals surface area contributed by atoms with Gasteiger partial charge in [0.1, 0.15) is 11.4 Å². The summed E-state index contributed by atoms with van der Waals surface area (Å²) in [5, 5.41) is 12.1. The number of nitriles is 1. The molecule has 0 aliphatic heterocycles. The zero-order valence-corrected chi connectivity index (χ0v) is 17.1. The molecule has 0 aliphatic carbocycles. The van der Waals surface area contributed by atoms with Crippen molar-refractivity contribution in [2.45, 2.75) is 60.0 Å². The molecular formula is C22H27N3O3. The van der Waals surface area contributed by atoms with Crippen LogP contribution in [0, 0.1) is 16.7 Å². The van der Waals surface area contributed by atoms with Crippen LogP contribution in [0.15, 0.2) is 33.9 Å². The van der Waals surface area contributed by atoms with Gasteiger partial charge in [-0.25, -0.2) is 0 Å². The maximum Gasteiger partial charge on any atom is 0.253 e. The Bertz CT molecular complexity index is 955. The molecule has 0 bridgehead atoms. The first-order valence-electron chi connectivity index (χ1n) is 9.49. The third-order valence-electron chi connectivity index (χ3n) is 5.00. The van der Waals surface area contributed by atoms with Crippen molar-refractivity contribution in [1.82, 2.24) is 0 Å². The number of carbonyl (C=O) groups excluding carboxylic acids is 1. The highest BCUT2D eigenvalue weighted by Crippen LogP contribution is 2.28. The van der Waals surface area contributed by atoms with Crippen molar-refractivity contribution in [3.63, 3.8) is 0 Å². The maximum absolute atomic E-state index is 12.7. The van der Waals surface area contributed by atoms with Crippen LogP contribution in [0.2, 0.25) is 0 Å². The Balaban J connectivity index is 2.40. The number of hydrogen-bond donors (Lipinski definition) is 1. The predicted octanol–water partition coefficient (Wildman–Crippen LogP) is 3.33. The molecule has 1 N–H and O–H groups in total. The summed E-state index contributed by atoms with van der Waals surface area (Å²) in [5.74, 6) is -0.203. The van der Waals surface area contributed by atoms with E-state index in [0.29, 0.717) is 12.0 Å². The molecule has 2 aromatic rings. The third-order valence-corrected chi connectivity index (χ3v) is 5.00. The number of benzene rings is 1. The van der Waals surface area contributed by atoms with Gasteiger partial charge in [0.15, 0.2) is 0 Å². The van der Waals surface area contributed by atoms with Crippen LogP contribution < -0.4 is 21.1 Å². The van der Waals surface area contributed by atoms with Crippen molar-refractivity contribution in [3.05, 3.63) is 55.8 Å². The Hall–Kier alpha value is -2.94. The van der Waals surface area contributed by atoms with Crippen LogP contribution in [-0.2, 0) is 11.3 Å². The molecule has 2 rings (SSSR count). The molecule has 148 valence electrons. The first kappa shape index (κ1) is 21.4. The van der Waals surface area contributed by atoms with Gasteiger partial charge in [-0.3, -0.25) is 14.4 Å². The number of rotatable bonds is 7. The van der Waals surface area contributed by atoms with E-state index in [1.165, 1.54) is 4.90 Å². The van der Waals surface area contributed by atoms with Gasteiger partial charge in [0.05, 0.1) is 18.2 Å². The lowest BCUT2D eigenvalue weighted by Gasteiger charge is -2.32. The van der Waals surface area contributed by atoms with Crippen LogP contribution in [0.3, 0.4) is 0 Å². The van der Waals surface area contributed by atoms with Crippen LogP contribution in [0.1, 0.15) is 58.6 Å². The van der Waals surface area contributed by atoms with E-state index in [1.807, 2.05) is 34.6 Å². The van der Waals surface area contributed by atoms with Gasteiger partial charge >= 0.3 is 0 Å². The average Bonchev–Trinajstić information content (AvgIpc) is 2.66. The molecule has 0 aromatic heterocycles. The van der Waals surface area contributed by atoms with Crippen molar-refractivity contribution >= 4 is 17.3 Å². The van der Waals surface area contributed by atoms with Crippen LogP contribution in [-0.4, -0.2) is 11.9 Å².